The van der Waals surface area contributed by atoms with Gasteiger partial charge in [0.1, 0.15) is 0 Å². The molecule has 0 saturated heterocycles. The van der Waals surface area contributed by atoms with Gasteiger partial charge in [-0.05, 0) is 24.3 Å². The van der Waals surface area contributed by atoms with Crippen molar-refractivity contribution >= 4 is 23.2 Å². The van der Waals surface area contributed by atoms with E-state index in [0.717, 1.165) is 0 Å². The van der Waals surface area contributed by atoms with Gasteiger partial charge < -0.3 is 10.1 Å². The first kappa shape index (κ1) is 10.2. The summed E-state index contributed by atoms with van der Waals surface area (Å²) in [6.45, 7) is 0. The summed E-state index contributed by atoms with van der Waals surface area (Å²) in [4.78, 5) is 12.0. The second kappa shape index (κ2) is 3.79. The molecule has 17 heavy (non-hydrogen) atoms. The van der Waals surface area contributed by atoms with E-state index in [2.05, 4.69) is 5.32 Å². The summed E-state index contributed by atoms with van der Waals surface area (Å²) in [5.74, 6) is 0.775. The van der Waals surface area contributed by atoms with Gasteiger partial charge in [-0.3, -0.25) is 4.79 Å². The standard InChI is InChI=1S/C13H8ClNO2/c14-9-5-3-4-8-12(9)17-11-7-2-1-6-10(11)15-13(8)16/h1-7H,(H,15,16). The maximum absolute atomic E-state index is 12.0. The van der Waals surface area contributed by atoms with E-state index in [1.54, 1.807) is 30.3 Å². The molecule has 84 valence electrons. The molecule has 0 atom stereocenters. The van der Waals surface area contributed by atoms with Crippen LogP contribution in [0.1, 0.15) is 10.4 Å². The SMILES string of the molecule is O=C1Nc2ccccc2Oc2c(Cl)cccc21. The van der Waals surface area contributed by atoms with Crippen molar-refractivity contribution in [1.29, 1.82) is 0 Å². The molecule has 2 aromatic carbocycles. The second-order valence-electron chi connectivity index (χ2n) is 3.67. The predicted octanol–water partition coefficient (Wildman–Crippen LogP) is 3.70. The normalized spacial score (nSPS) is 12.9. The monoisotopic (exact) mass is 245 g/mol. The third-order valence-electron chi connectivity index (χ3n) is 2.56. The number of hydrogen-bond acceptors (Lipinski definition) is 2. The Morgan fingerprint density at radius 3 is 2.76 bits per heavy atom. The Balaban J connectivity index is 2.22. The fourth-order valence-corrected chi connectivity index (χ4v) is 1.96. The summed E-state index contributed by atoms with van der Waals surface area (Å²) in [7, 11) is 0. The van der Waals surface area contributed by atoms with Crippen LogP contribution in [0.15, 0.2) is 42.5 Å². The number of ether oxygens (including phenoxy) is 1. The summed E-state index contributed by atoms with van der Waals surface area (Å²) < 4.78 is 5.69. The lowest BCUT2D eigenvalue weighted by Crippen LogP contribution is -2.10. The number of nitrogens with one attached hydrogen (secondary N) is 1. The molecule has 0 saturated carbocycles. The largest absolute Gasteiger partial charge is 0.453 e. The third kappa shape index (κ3) is 1.65. The maximum Gasteiger partial charge on any atom is 0.259 e. The van der Waals surface area contributed by atoms with Crippen molar-refractivity contribution in [2.45, 2.75) is 0 Å². The van der Waals surface area contributed by atoms with Crippen LogP contribution in [0, 0.1) is 0 Å². The van der Waals surface area contributed by atoms with Crippen LogP contribution in [-0.2, 0) is 0 Å². The van der Waals surface area contributed by atoms with E-state index in [-0.39, 0.29) is 5.91 Å². The maximum atomic E-state index is 12.0. The van der Waals surface area contributed by atoms with Gasteiger partial charge in [-0.2, -0.15) is 0 Å². The molecule has 3 nitrogen and oxygen atoms in total. The number of para-hydroxylation sites is 3. The molecule has 0 aliphatic carbocycles. The summed E-state index contributed by atoms with van der Waals surface area (Å²) >= 11 is 6.04. The average molecular weight is 246 g/mol. The topological polar surface area (TPSA) is 38.3 Å². The zero-order chi connectivity index (χ0) is 11.8. The van der Waals surface area contributed by atoms with Crippen molar-refractivity contribution in [2.24, 2.45) is 0 Å². The summed E-state index contributed by atoms with van der Waals surface area (Å²) in [6.07, 6.45) is 0. The minimum atomic E-state index is -0.215. The Kier molecular flexibility index (Phi) is 2.27. The fourth-order valence-electron chi connectivity index (χ4n) is 1.75. The molecule has 0 spiro atoms. The molecule has 0 radical (unpaired) electrons. The Morgan fingerprint density at radius 1 is 1.06 bits per heavy atom. The van der Waals surface area contributed by atoms with Gasteiger partial charge in [-0.25, -0.2) is 0 Å². The van der Waals surface area contributed by atoms with E-state index in [1.807, 2.05) is 12.1 Å². The summed E-state index contributed by atoms with van der Waals surface area (Å²) in [5, 5.41) is 3.21. The zero-order valence-electron chi connectivity index (χ0n) is 8.74. The molecule has 0 fully saturated rings. The lowest BCUT2D eigenvalue weighted by molar-refractivity contribution is 0.102. The van der Waals surface area contributed by atoms with Gasteiger partial charge in [-0.1, -0.05) is 29.8 Å². The molecular formula is C13H8ClNO2. The van der Waals surface area contributed by atoms with E-state index in [0.29, 0.717) is 27.8 Å². The van der Waals surface area contributed by atoms with Gasteiger partial charge >= 0.3 is 0 Å². The fraction of sp³-hybridized carbons (Fsp3) is 0. The molecule has 0 aromatic heterocycles. The number of benzene rings is 2. The van der Waals surface area contributed by atoms with Crippen LogP contribution in [0.4, 0.5) is 5.69 Å². The summed E-state index contributed by atoms with van der Waals surface area (Å²) in [5.41, 5.74) is 1.08. The highest BCUT2D eigenvalue weighted by molar-refractivity contribution is 6.33. The molecule has 0 bridgehead atoms. The van der Waals surface area contributed by atoms with Crippen LogP contribution in [0.2, 0.25) is 5.02 Å². The van der Waals surface area contributed by atoms with Crippen molar-refractivity contribution in [2.75, 3.05) is 5.32 Å². The van der Waals surface area contributed by atoms with Crippen LogP contribution in [-0.4, -0.2) is 5.91 Å². The van der Waals surface area contributed by atoms with Crippen LogP contribution in [0.3, 0.4) is 0 Å². The molecule has 2 aromatic rings. The molecule has 1 heterocycles. The van der Waals surface area contributed by atoms with Crippen LogP contribution in [0.25, 0.3) is 0 Å². The molecule has 1 amide bonds. The lowest BCUT2D eigenvalue weighted by atomic mass is 10.2. The molecule has 4 heteroatoms. The quantitative estimate of drug-likeness (QED) is 0.769. The number of anilines is 1. The van der Waals surface area contributed by atoms with E-state index in [4.69, 9.17) is 16.3 Å². The van der Waals surface area contributed by atoms with Crippen molar-refractivity contribution in [3.63, 3.8) is 0 Å². The van der Waals surface area contributed by atoms with E-state index >= 15 is 0 Å². The van der Waals surface area contributed by atoms with Crippen molar-refractivity contribution in [3.8, 4) is 11.5 Å². The van der Waals surface area contributed by atoms with Gasteiger partial charge in [0.25, 0.3) is 5.91 Å². The number of halogens is 1. The minimum Gasteiger partial charge on any atom is -0.453 e. The highest BCUT2D eigenvalue weighted by Gasteiger charge is 2.22. The number of carbonyl (C=O) groups excluding carboxylic acids is 1. The van der Waals surface area contributed by atoms with Crippen molar-refractivity contribution < 1.29 is 9.53 Å². The van der Waals surface area contributed by atoms with Crippen LogP contribution >= 0.6 is 11.6 Å². The molecular weight excluding hydrogens is 238 g/mol. The van der Waals surface area contributed by atoms with E-state index < -0.39 is 0 Å². The minimum absolute atomic E-state index is 0.215. The van der Waals surface area contributed by atoms with Crippen LogP contribution in [0.5, 0.6) is 11.5 Å². The molecule has 0 unspecified atom stereocenters. The third-order valence-corrected chi connectivity index (χ3v) is 2.86. The Hall–Kier alpha value is -2.00. The van der Waals surface area contributed by atoms with Gasteiger partial charge in [0, 0.05) is 0 Å². The Bertz CT molecular complexity index is 610. The zero-order valence-corrected chi connectivity index (χ0v) is 9.49. The molecule has 1 aliphatic rings. The number of amides is 1. The molecule has 1 aliphatic heterocycles. The molecule has 3 rings (SSSR count). The highest BCUT2D eigenvalue weighted by Crippen LogP contribution is 2.39. The summed E-state index contributed by atoms with van der Waals surface area (Å²) in [6, 6.07) is 12.3. The van der Waals surface area contributed by atoms with Gasteiger partial charge in [0.2, 0.25) is 0 Å². The predicted molar refractivity (Wildman–Crippen MR) is 65.9 cm³/mol. The van der Waals surface area contributed by atoms with Crippen molar-refractivity contribution in [3.05, 3.63) is 53.1 Å². The van der Waals surface area contributed by atoms with Gasteiger partial charge in [0.15, 0.2) is 11.5 Å². The van der Waals surface area contributed by atoms with Gasteiger partial charge in [-0.15, -0.1) is 0 Å². The van der Waals surface area contributed by atoms with Crippen molar-refractivity contribution in [1.82, 2.24) is 0 Å². The first-order valence-electron chi connectivity index (χ1n) is 5.12. The van der Waals surface area contributed by atoms with E-state index in [1.165, 1.54) is 0 Å². The number of rotatable bonds is 0. The Labute approximate surface area is 103 Å². The smallest absolute Gasteiger partial charge is 0.259 e. The second-order valence-corrected chi connectivity index (χ2v) is 4.08. The average Bonchev–Trinajstić information content (AvgIpc) is 2.47. The van der Waals surface area contributed by atoms with E-state index in [9.17, 15) is 4.79 Å². The number of carbonyl (C=O) groups is 1. The van der Waals surface area contributed by atoms with Crippen LogP contribution < -0.4 is 10.1 Å². The number of fused-ring (bicyclic) bond motifs is 2. The first-order chi connectivity index (χ1) is 8.25. The number of hydrogen-bond donors (Lipinski definition) is 1. The molecule has 1 N–H and O–H groups in total. The van der Waals surface area contributed by atoms with Gasteiger partial charge in [0.05, 0.1) is 16.3 Å². The highest BCUT2D eigenvalue weighted by atomic mass is 35.5. The Morgan fingerprint density at radius 2 is 1.88 bits per heavy atom. The lowest BCUT2D eigenvalue weighted by Gasteiger charge is -2.08. The first-order valence-corrected chi connectivity index (χ1v) is 5.50.